The number of rotatable bonds is 8. The van der Waals surface area contributed by atoms with Crippen LogP contribution in [0.3, 0.4) is 0 Å². The molecule has 35 heavy (non-hydrogen) atoms. The second kappa shape index (κ2) is 10.2. The topological polar surface area (TPSA) is 18.5 Å². The number of halogens is 9. The Kier molecular flexibility index (Phi) is 7.86. The number of hydrogen-bond acceptors (Lipinski definition) is 2. The van der Waals surface area contributed by atoms with E-state index in [1.54, 1.807) is 0 Å². The van der Waals surface area contributed by atoms with E-state index in [4.69, 9.17) is 0 Å². The monoisotopic (exact) mass is 514 g/mol. The molecule has 0 amide bonds. The predicted octanol–water partition coefficient (Wildman–Crippen LogP) is 8.70. The van der Waals surface area contributed by atoms with Crippen LogP contribution in [0.2, 0.25) is 0 Å². The Morgan fingerprint density at radius 2 is 1.26 bits per heavy atom. The minimum absolute atomic E-state index is 0.155. The quantitative estimate of drug-likeness (QED) is 0.328. The molecule has 0 unspecified atom stereocenters. The van der Waals surface area contributed by atoms with Gasteiger partial charge in [0.05, 0.1) is 0 Å². The van der Waals surface area contributed by atoms with Gasteiger partial charge in [-0.3, -0.25) is 0 Å². The maximum absolute atomic E-state index is 14.6. The van der Waals surface area contributed by atoms with Crippen molar-refractivity contribution in [3.8, 4) is 11.5 Å². The van der Waals surface area contributed by atoms with Gasteiger partial charge in [0.15, 0.2) is 0 Å². The smallest absolute Gasteiger partial charge is 0.429 e. The van der Waals surface area contributed by atoms with E-state index in [9.17, 15) is 39.5 Å². The largest absolute Gasteiger partial charge is 0.499 e. The molecule has 11 heteroatoms. The Hall–Kier alpha value is -2.59. The molecule has 1 fully saturated rings. The molecule has 1 aliphatic rings. The molecule has 0 atom stereocenters. The SMILES string of the molecule is CCCC1CCC(c2cc(F)c(C(F)(F)Oc3ccc(OC(F)(F)C(F)(F)F)cc3)c(F)c2)CC1. The van der Waals surface area contributed by atoms with Gasteiger partial charge in [-0.05, 0) is 79.5 Å². The fourth-order valence-electron chi connectivity index (χ4n) is 4.28. The van der Waals surface area contributed by atoms with Crippen molar-refractivity contribution in [1.82, 2.24) is 0 Å². The first-order valence-corrected chi connectivity index (χ1v) is 11.0. The molecule has 0 bridgehead atoms. The van der Waals surface area contributed by atoms with Crippen molar-refractivity contribution in [1.29, 1.82) is 0 Å². The first-order chi connectivity index (χ1) is 16.2. The molecule has 3 rings (SSSR count). The highest BCUT2D eigenvalue weighted by molar-refractivity contribution is 5.34. The second-order valence-electron chi connectivity index (χ2n) is 8.57. The number of hydrogen-bond donors (Lipinski definition) is 0. The van der Waals surface area contributed by atoms with E-state index in [-0.39, 0.29) is 11.5 Å². The third-order valence-corrected chi connectivity index (χ3v) is 6.02. The second-order valence-corrected chi connectivity index (χ2v) is 8.57. The Balaban J connectivity index is 1.73. The summed E-state index contributed by atoms with van der Waals surface area (Å²) >= 11 is 0. The first kappa shape index (κ1) is 27.0. The summed E-state index contributed by atoms with van der Waals surface area (Å²) < 4.78 is 129. The molecule has 0 N–H and O–H groups in total. The van der Waals surface area contributed by atoms with Crippen LogP contribution >= 0.6 is 0 Å². The van der Waals surface area contributed by atoms with Gasteiger partial charge in [-0.25, -0.2) is 8.78 Å². The van der Waals surface area contributed by atoms with Crippen LogP contribution in [-0.2, 0) is 6.11 Å². The van der Waals surface area contributed by atoms with Crippen LogP contribution < -0.4 is 9.47 Å². The van der Waals surface area contributed by atoms with Crippen LogP contribution in [0.4, 0.5) is 39.5 Å². The van der Waals surface area contributed by atoms with Crippen LogP contribution in [-0.4, -0.2) is 12.3 Å². The van der Waals surface area contributed by atoms with Crippen molar-refractivity contribution in [2.75, 3.05) is 0 Å². The maximum Gasteiger partial charge on any atom is 0.499 e. The average molecular weight is 514 g/mol. The highest BCUT2D eigenvalue weighted by Crippen LogP contribution is 2.42. The van der Waals surface area contributed by atoms with E-state index < -0.39 is 47.1 Å². The van der Waals surface area contributed by atoms with Crippen LogP contribution in [0, 0.1) is 17.6 Å². The fraction of sp³-hybridized carbons (Fsp3) is 0.500. The van der Waals surface area contributed by atoms with Gasteiger partial charge in [-0.15, -0.1) is 0 Å². The van der Waals surface area contributed by atoms with E-state index in [0.717, 1.165) is 37.8 Å². The Bertz CT molecular complexity index is 972. The third-order valence-electron chi connectivity index (χ3n) is 6.02. The summed E-state index contributed by atoms with van der Waals surface area (Å²) in [6, 6.07) is 3.97. The molecule has 2 aromatic rings. The molecule has 0 spiro atoms. The zero-order valence-corrected chi connectivity index (χ0v) is 18.6. The van der Waals surface area contributed by atoms with Gasteiger partial charge >= 0.3 is 18.4 Å². The van der Waals surface area contributed by atoms with Gasteiger partial charge in [0.25, 0.3) is 0 Å². The molecule has 0 radical (unpaired) electrons. The Labute approximate surface area is 196 Å². The van der Waals surface area contributed by atoms with Crippen molar-refractivity contribution in [3.05, 3.63) is 59.2 Å². The molecule has 0 saturated heterocycles. The molecule has 0 aliphatic heterocycles. The van der Waals surface area contributed by atoms with Crippen LogP contribution in [0.5, 0.6) is 11.5 Å². The lowest BCUT2D eigenvalue weighted by atomic mass is 9.77. The summed E-state index contributed by atoms with van der Waals surface area (Å²) in [6.07, 6.45) is -10.7. The van der Waals surface area contributed by atoms with Gasteiger partial charge < -0.3 is 9.47 Å². The van der Waals surface area contributed by atoms with Crippen molar-refractivity contribution < 1.29 is 49.0 Å². The molecule has 1 aliphatic carbocycles. The van der Waals surface area contributed by atoms with Crippen LogP contribution in [0.25, 0.3) is 0 Å². The average Bonchev–Trinajstić information content (AvgIpc) is 2.74. The van der Waals surface area contributed by atoms with E-state index >= 15 is 0 Å². The molecule has 1 saturated carbocycles. The highest BCUT2D eigenvalue weighted by atomic mass is 19.4. The van der Waals surface area contributed by atoms with Crippen molar-refractivity contribution in [3.63, 3.8) is 0 Å². The Morgan fingerprint density at radius 1 is 0.771 bits per heavy atom. The zero-order chi connectivity index (χ0) is 26.0. The molecule has 194 valence electrons. The van der Waals surface area contributed by atoms with Gasteiger partial charge in [0, 0.05) is 0 Å². The molecule has 0 heterocycles. The minimum Gasteiger partial charge on any atom is -0.429 e. The molecule has 2 aromatic carbocycles. The Morgan fingerprint density at radius 3 is 1.71 bits per heavy atom. The summed E-state index contributed by atoms with van der Waals surface area (Å²) in [5.41, 5.74) is -1.36. The fourth-order valence-corrected chi connectivity index (χ4v) is 4.28. The van der Waals surface area contributed by atoms with E-state index in [1.807, 2.05) is 0 Å². The van der Waals surface area contributed by atoms with Crippen LogP contribution in [0.1, 0.15) is 62.5 Å². The summed E-state index contributed by atoms with van der Waals surface area (Å²) in [5.74, 6) is -4.36. The van der Waals surface area contributed by atoms with E-state index in [2.05, 4.69) is 16.4 Å². The standard InChI is InChI=1S/C24H23F9O2/c1-2-3-14-4-6-15(7-5-14)16-12-19(25)21(20(26)13-16)22(27,28)34-17-8-10-18(11-9-17)35-24(32,33)23(29,30)31/h8-15H,2-7H2,1H3. The van der Waals surface area contributed by atoms with E-state index in [1.165, 1.54) is 0 Å². The van der Waals surface area contributed by atoms with Gasteiger partial charge in [-0.2, -0.15) is 30.7 Å². The lowest BCUT2D eigenvalue weighted by molar-refractivity contribution is -0.360. The lowest BCUT2D eigenvalue weighted by Crippen LogP contribution is -2.41. The lowest BCUT2D eigenvalue weighted by Gasteiger charge is -2.29. The van der Waals surface area contributed by atoms with Crippen molar-refractivity contribution in [2.45, 2.75) is 69.8 Å². The van der Waals surface area contributed by atoms with Gasteiger partial charge in [-0.1, -0.05) is 19.8 Å². The summed E-state index contributed by atoms with van der Waals surface area (Å²) in [4.78, 5) is 0. The maximum atomic E-state index is 14.6. The van der Waals surface area contributed by atoms with Crippen LogP contribution in [0.15, 0.2) is 36.4 Å². The normalized spacial score (nSPS) is 19.5. The van der Waals surface area contributed by atoms with Crippen molar-refractivity contribution in [2.24, 2.45) is 5.92 Å². The molecule has 2 nitrogen and oxygen atoms in total. The third kappa shape index (κ3) is 6.35. The van der Waals surface area contributed by atoms with Crippen molar-refractivity contribution >= 4 is 0 Å². The number of ether oxygens (including phenoxy) is 2. The van der Waals surface area contributed by atoms with Gasteiger partial charge in [0.1, 0.15) is 28.7 Å². The zero-order valence-electron chi connectivity index (χ0n) is 18.6. The molecular weight excluding hydrogens is 491 g/mol. The molecular formula is C24H23F9O2. The highest BCUT2D eigenvalue weighted by Gasteiger charge is 2.61. The summed E-state index contributed by atoms with van der Waals surface area (Å²) in [6.45, 7) is 2.08. The first-order valence-electron chi connectivity index (χ1n) is 11.0. The minimum atomic E-state index is -5.99. The molecule has 0 aromatic heterocycles. The number of alkyl halides is 7. The van der Waals surface area contributed by atoms with E-state index in [0.29, 0.717) is 43.0 Å². The summed E-state index contributed by atoms with van der Waals surface area (Å²) in [7, 11) is 0. The predicted molar refractivity (Wildman–Crippen MR) is 109 cm³/mol. The summed E-state index contributed by atoms with van der Waals surface area (Å²) in [5, 5.41) is 0. The van der Waals surface area contributed by atoms with Gasteiger partial charge in [0.2, 0.25) is 0 Å². The number of benzene rings is 2.